The molecule has 22 heavy (non-hydrogen) atoms. The first kappa shape index (κ1) is 15.8. The van der Waals surface area contributed by atoms with Crippen LogP contribution in [-0.2, 0) is 11.2 Å². The van der Waals surface area contributed by atoms with E-state index >= 15 is 0 Å². The monoisotopic (exact) mass is 301 g/mol. The summed E-state index contributed by atoms with van der Waals surface area (Å²) in [4.78, 5) is 23.4. The van der Waals surface area contributed by atoms with E-state index in [1.165, 1.54) is 0 Å². The van der Waals surface area contributed by atoms with Crippen LogP contribution >= 0.6 is 0 Å². The van der Waals surface area contributed by atoms with E-state index in [4.69, 9.17) is 9.52 Å². The van der Waals surface area contributed by atoms with Gasteiger partial charge in [0.15, 0.2) is 5.76 Å². The van der Waals surface area contributed by atoms with Gasteiger partial charge in [0.2, 0.25) is 0 Å². The highest BCUT2D eigenvalue weighted by atomic mass is 16.4. The second kappa shape index (κ2) is 6.93. The van der Waals surface area contributed by atoms with Crippen molar-refractivity contribution in [1.29, 1.82) is 0 Å². The quantitative estimate of drug-likeness (QED) is 0.859. The molecule has 0 aliphatic rings. The molecule has 1 aromatic heterocycles. The molecule has 1 aromatic carbocycles. The number of carboxylic acid groups (broad SMARTS) is 1. The molecule has 5 nitrogen and oxygen atoms in total. The SMILES string of the molecule is CCc1cc(C)c(C(=O)NC(CC(=O)O)c2ccccc2)o1. The van der Waals surface area contributed by atoms with Crippen LogP contribution in [0.1, 0.15) is 46.8 Å². The van der Waals surface area contributed by atoms with E-state index in [0.717, 1.165) is 16.9 Å². The Labute approximate surface area is 129 Å². The second-order valence-corrected chi connectivity index (χ2v) is 5.11. The van der Waals surface area contributed by atoms with Gasteiger partial charge in [0, 0.05) is 12.0 Å². The molecular weight excluding hydrogens is 282 g/mol. The van der Waals surface area contributed by atoms with Crippen molar-refractivity contribution in [2.75, 3.05) is 0 Å². The Bertz CT molecular complexity index is 661. The van der Waals surface area contributed by atoms with Gasteiger partial charge in [0.1, 0.15) is 5.76 Å². The van der Waals surface area contributed by atoms with E-state index in [1.54, 1.807) is 19.1 Å². The normalized spacial score (nSPS) is 11.9. The van der Waals surface area contributed by atoms with Gasteiger partial charge in [-0.15, -0.1) is 0 Å². The zero-order valence-electron chi connectivity index (χ0n) is 12.6. The van der Waals surface area contributed by atoms with E-state index in [0.29, 0.717) is 6.42 Å². The number of furan rings is 1. The maximum absolute atomic E-state index is 12.4. The van der Waals surface area contributed by atoms with Gasteiger partial charge in [-0.05, 0) is 18.6 Å². The van der Waals surface area contributed by atoms with Crippen molar-refractivity contribution in [2.45, 2.75) is 32.7 Å². The molecule has 2 rings (SSSR count). The standard InChI is InChI=1S/C17H19NO4/c1-3-13-9-11(2)16(22-13)17(21)18-14(10-15(19)20)12-7-5-4-6-8-12/h4-9,14H,3,10H2,1-2H3,(H,18,21)(H,19,20). The number of rotatable bonds is 6. The Hall–Kier alpha value is -2.56. The summed E-state index contributed by atoms with van der Waals surface area (Å²) in [6.45, 7) is 3.74. The van der Waals surface area contributed by atoms with Gasteiger partial charge < -0.3 is 14.8 Å². The van der Waals surface area contributed by atoms with E-state index in [-0.39, 0.29) is 12.2 Å². The summed E-state index contributed by atoms with van der Waals surface area (Å²) >= 11 is 0. The predicted octanol–water partition coefficient (Wildman–Crippen LogP) is 3.10. The van der Waals surface area contributed by atoms with Gasteiger partial charge in [0.05, 0.1) is 12.5 Å². The van der Waals surface area contributed by atoms with Crippen LogP contribution in [0.5, 0.6) is 0 Å². The lowest BCUT2D eigenvalue weighted by Crippen LogP contribution is -2.30. The molecule has 116 valence electrons. The zero-order chi connectivity index (χ0) is 16.1. The summed E-state index contributed by atoms with van der Waals surface area (Å²) in [5.74, 6) is -0.396. The van der Waals surface area contributed by atoms with Crippen LogP contribution in [0.2, 0.25) is 0 Å². The summed E-state index contributed by atoms with van der Waals surface area (Å²) in [5.41, 5.74) is 1.50. The van der Waals surface area contributed by atoms with Crippen LogP contribution in [-0.4, -0.2) is 17.0 Å². The highest BCUT2D eigenvalue weighted by Crippen LogP contribution is 2.20. The number of amides is 1. The lowest BCUT2D eigenvalue weighted by Gasteiger charge is -2.16. The number of aryl methyl sites for hydroxylation is 2. The first-order valence-corrected chi connectivity index (χ1v) is 7.18. The number of aliphatic carboxylic acids is 1. The van der Waals surface area contributed by atoms with Crippen LogP contribution in [0.25, 0.3) is 0 Å². The smallest absolute Gasteiger partial charge is 0.305 e. The van der Waals surface area contributed by atoms with Crippen molar-refractivity contribution in [3.63, 3.8) is 0 Å². The van der Waals surface area contributed by atoms with E-state index in [2.05, 4.69) is 5.32 Å². The Balaban J connectivity index is 2.21. The molecular formula is C17H19NO4. The first-order chi connectivity index (χ1) is 10.5. The van der Waals surface area contributed by atoms with Crippen LogP contribution < -0.4 is 5.32 Å². The Morgan fingerprint density at radius 3 is 2.50 bits per heavy atom. The van der Waals surface area contributed by atoms with Gasteiger partial charge in [0.25, 0.3) is 5.91 Å². The van der Waals surface area contributed by atoms with Crippen molar-refractivity contribution in [3.8, 4) is 0 Å². The number of benzene rings is 1. The number of carboxylic acids is 1. The summed E-state index contributed by atoms with van der Waals surface area (Å²) in [6.07, 6.45) is 0.515. The van der Waals surface area contributed by atoms with Crippen LogP contribution in [0.3, 0.4) is 0 Å². The fourth-order valence-corrected chi connectivity index (χ4v) is 2.28. The van der Waals surface area contributed by atoms with Crippen molar-refractivity contribution >= 4 is 11.9 Å². The molecule has 0 fully saturated rings. The Morgan fingerprint density at radius 1 is 1.27 bits per heavy atom. The highest BCUT2D eigenvalue weighted by molar-refractivity contribution is 5.93. The maximum Gasteiger partial charge on any atom is 0.305 e. The molecule has 1 atom stereocenters. The summed E-state index contributed by atoms with van der Waals surface area (Å²) < 4.78 is 5.51. The third kappa shape index (κ3) is 3.75. The zero-order valence-corrected chi connectivity index (χ0v) is 12.6. The van der Waals surface area contributed by atoms with Gasteiger partial charge in [-0.2, -0.15) is 0 Å². The molecule has 0 aliphatic heterocycles. The lowest BCUT2D eigenvalue weighted by atomic mass is 10.0. The van der Waals surface area contributed by atoms with Crippen molar-refractivity contribution < 1.29 is 19.1 Å². The van der Waals surface area contributed by atoms with Gasteiger partial charge in [-0.25, -0.2) is 0 Å². The molecule has 0 saturated heterocycles. The summed E-state index contributed by atoms with van der Waals surface area (Å²) in [5, 5.41) is 11.8. The minimum Gasteiger partial charge on any atom is -0.481 e. The average molecular weight is 301 g/mol. The molecule has 0 bridgehead atoms. The highest BCUT2D eigenvalue weighted by Gasteiger charge is 2.22. The summed E-state index contributed by atoms with van der Waals surface area (Å²) in [7, 11) is 0. The van der Waals surface area contributed by atoms with Crippen molar-refractivity contribution in [3.05, 3.63) is 59.0 Å². The first-order valence-electron chi connectivity index (χ1n) is 7.18. The van der Waals surface area contributed by atoms with Crippen LogP contribution in [0, 0.1) is 6.92 Å². The molecule has 2 N–H and O–H groups in total. The number of hydrogen-bond donors (Lipinski definition) is 2. The Kier molecular flexibility index (Phi) is 4.99. The number of carbonyl (C=O) groups excluding carboxylic acids is 1. The van der Waals surface area contributed by atoms with E-state index in [9.17, 15) is 9.59 Å². The predicted molar refractivity (Wildman–Crippen MR) is 81.7 cm³/mol. The molecule has 5 heteroatoms. The third-order valence-corrected chi connectivity index (χ3v) is 3.41. The molecule has 0 radical (unpaired) electrons. The minimum absolute atomic E-state index is 0.184. The third-order valence-electron chi connectivity index (χ3n) is 3.41. The van der Waals surface area contributed by atoms with Crippen molar-refractivity contribution in [1.82, 2.24) is 5.32 Å². The number of carbonyl (C=O) groups is 2. The lowest BCUT2D eigenvalue weighted by molar-refractivity contribution is -0.137. The van der Waals surface area contributed by atoms with Crippen LogP contribution in [0.4, 0.5) is 0 Å². The fourth-order valence-electron chi connectivity index (χ4n) is 2.28. The largest absolute Gasteiger partial charge is 0.481 e. The van der Waals surface area contributed by atoms with E-state index in [1.807, 2.05) is 31.2 Å². The molecule has 2 aromatic rings. The average Bonchev–Trinajstić information content (AvgIpc) is 2.88. The Morgan fingerprint density at radius 2 is 1.95 bits per heavy atom. The minimum atomic E-state index is -0.973. The number of hydrogen-bond acceptors (Lipinski definition) is 3. The molecule has 1 heterocycles. The summed E-state index contributed by atoms with van der Waals surface area (Å²) in [6, 6.07) is 10.3. The van der Waals surface area contributed by atoms with Crippen LogP contribution in [0.15, 0.2) is 40.8 Å². The van der Waals surface area contributed by atoms with Gasteiger partial charge >= 0.3 is 5.97 Å². The topological polar surface area (TPSA) is 79.5 Å². The van der Waals surface area contributed by atoms with Gasteiger partial charge in [-0.3, -0.25) is 9.59 Å². The molecule has 0 aliphatic carbocycles. The molecule has 1 unspecified atom stereocenters. The molecule has 0 spiro atoms. The van der Waals surface area contributed by atoms with Gasteiger partial charge in [-0.1, -0.05) is 37.3 Å². The molecule has 0 saturated carbocycles. The maximum atomic E-state index is 12.4. The number of nitrogens with one attached hydrogen (secondary N) is 1. The second-order valence-electron chi connectivity index (χ2n) is 5.11. The van der Waals surface area contributed by atoms with E-state index < -0.39 is 17.9 Å². The van der Waals surface area contributed by atoms with Crippen molar-refractivity contribution in [2.24, 2.45) is 0 Å². The molecule has 1 amide bonds. The fraction of sp³-hybridized carbons (Fsp3) is 0.294.